The number of carboxylic acid groups (broad SMARTS) is 1. The van der Waals surface area contributed by atoms with Crippen LogP contribution in [-0.4, -0.2) is 69.2 Å². The number of carbonyl (C=O) groups excluding carboxylic acids is 1. The molecule has 6 N–H and O–H groups in total. The number of rotatable bonds is 4. The number of aromatic hydroxyl groups is 1. The molecule has 1 aromatic rings. The van der Waals surface area contributed by atoms with Gasteiger partial charge in [-0.3, -0.25) is 4.79 Å². The average Bonchev–Trinajstić information content (AvgIpc) is 2.73. The maximum Gasteiger partial charge on any atom is 0.490 e. The fraction of sp³-hybridized carbons (Fsp3) is 0.529. The van der Waals surface area contributed by atoms with E-state index in [1.54, 1.807) is 0 Å². The van der Waals surface area contributed by atoms with Crippen LogP contribution in [0.5, 0.6) is 5.75 Å². The van der Waals surface area contributed by atoms with Crippen molar-refractivity contribution in [2.75, 3.05) is 19.7 Å². The molecule has 1 aromatic carbocycles. The molecule has 0 spiro atoms. The molecule has 0 aromatic heterocycles. The van der Waals surface area contributed by atoms with Gasteiger partial charge >= 0.3 is 12.1 Å². The number of carboxylic acids is 1. The highest BCUT2D eigenvalue weighted by molar-refractivity contribution is 6.42. The molecule has 176 valence electrons. The number of alkyl halides is 3. The van der Waals surface area contributed by atoms with Crippen LogP contribution in [0.1, 0.15) is 24.4 Å². The van der Waals surface area contributed by atoms with Crippen molar-refractivity contribution >= 4 is 35.1 Å². The van der Waals surface area contributed by atoms with E-state index in [1.165, 1.54) is 11.0 Å². The largest absolute Gasteiger partial charge is 0.505 e. The SMILES string of the molecule is NC(c1cc(Cl)c(Cl)c(F)c1O)C1CCN(C(=O)C(O)CO)CC1.O=C(O)C(F)(F)F. The molecule has 1 aliphatic heterocycles. The highest BCUT2D eigenvalue weighted by atomic mass is 35.5. The van der Waals surface area contributed by atoms with E-state index in [-0.39, 0.29) is 21.5 Å². The average molecular weight is 495 g/mol. The molecule has 0 aliphatic carbocycles. The lowest BCUT2D eigenvalue weighted by molar-refractivity contribution is -0.192. The van der Waals surface area contributed by atoms with Crippen molar-refractivity contribution in [3.05, 3.63) is 27.5 Å². The molecule has 1 amide bonds. The second-order valence-electron chi connectivity index (χ2n) is 6.61. The molecule has 8 nitrogen and oxygen atoms in total. The van der Waals surface area contributed by atoms with E-state index in [4.69, 9.17) is 43.9 Å². The lowest BCUT2D eigenvalue weighted by Gasteiger charge is -2.35. The molecular formula is C17H20Cl2F4N2O6. The fourth-order valence-electron chi connectivity index (χ4n) is 2.88. The van der Waals surface area contributed by atoms with Gasteiger partial charge in [-0.2, -0.15) is 13.2 Å². The summed E-state index contributed by atoms with van der Waals surface area (Å²) in [5.41, 5.74) is 6.31. The Morgan fingerprint density at radius 3 is 2.16 bits per heavy atom. The minimum absolute atomic E-state index is 0.0314. The van der Waals surface area contributed by atoms with Crippen LogP contribution in [0.2, 0.25) is 10.0 Å². The molecule has 31 heavy (non-hydrogen) atoms. The third kappa shape index (κ3) is 7.07. The number of halogens is 6. The first-order valence-electron chi connectivity index (χ1n) is 8.72. The first-order chi connectivity index (χ1) is 14.2. The van der Waals surface area contributed by atoms with E-state index in [9.17, 15) is 32.6 Å². The zero-order valence-electron chi connectivity index (χ0n) is 15.7. The molecule has 2 rings (SSSR count). The van der Waals surface area contributed by atoms with Gasteiger partial charge in [-0.1, -0.05) is 23.2 Å². The van der Waals surface area contributed by atoms with E-state index in [0.29, 0.717) is 25.9 Å². The van der Waals surface area contributed by atoms with Gasteiger partial charge in [-0.15, -0.1) is 0 Å². The van der Waals surface area contributed by atoms with Gasteiger partial charge in [0, 0.05) is 24.7 Å². The summed E-state index contributed by atoms with van der Waals surface area (Å²) in [6.07, 6.45) is -5.50. The molecule has 1 fully saturated rings. The van der Waals surface area contributed by atoms with Crippen molar-refractivity contribution in [2.45, 2.75) is 31.2 Å². The van der Waals surface area contributed by atoms with E-state index in [2.05, 4.69) is 0 Å². The standard InChI is InChI=1S/C15H19Cl2FN2O4.C2HF3O2/c16-9-5-8(14(23)12(18)11(9)17)13(19)7-1-3-20(4-2-7)15(24)10(22)6-21;3-2(4,5)1(6)7/h5,7,10,13,21-23H,1-4,6,19H2;(H,6,7). The monoisotopic (exact) mass is 494 g/mol. The number of aliphatic carboxylic acids is 1. The number of piperidine rings is 1. The number of phenols is 1. The van der Waals surface area contributed by atoms with E-state index in [1.807, 2.05) is 0 Å². The van der Waals surface area contributed by atoms with Gasteiger partial charge in [-0.05, 0) is 24.8 Å². The zero-order valence-corrected chi connectivity index (χ0v) is 17.3. The molecule has 14 heteroatoms. The number of amides is 1. The topological polar surface area (TPSA) is 144 Å². The number of likely N-dealkylation sites (tertiary alicyclic amines) is 1. The van der Waals surface area contributed by atoms with Crippen molar-refractivity contribution in [3.63, 3.8) is 0 Å². The van der Waals surface area contributed by atoms with Gasteiger partial charge in [-0.25, -0.2) is 9.18 Å². The van der Waals surface area contributed by atoms with Crippen molar-refractivity contribution < 1.29 is 47.6 Å². The molecule has 0 saturated carbocycles. The Morgan fingerprint density at radius 1 is 1.26 bits per heavy atom. The third-order valence-corrected chi connectivity index (χ3v) is 5.35. The number of carbonyl (C=O) groups is 2. The Bertz CT molecular complexity index is 804. The van der Waals surface area contributed by atoms with Crippen molar-refractivity contribution in [2.24, 2.45) is 11.7 Å². The molecule has 1 aliphatic rings. The molecular weight excluding hydrogens is 475 g/mol. The number of hydrogen-bond donors (Lipinski definition) is 5. The van der Waals surface area contributed by atoms with Gasteiger partial charge < -0.3 is 31.1 Å². The first-order valence-corrected chi connectivity index (χ1v) is 9.47. The maximum absolute atomic E-state index is 13.8. The van der Waals surface area contributed by atoms with Crippen LogP contribution < -0.4 is 5.73 Å². The Morgan fingerprint density at radius 2 is 1.74 bits per heavy atom. The molecule has 0 bridgehead atoms. The van der Waals surface area contributed by atoms with Gasteiger partial charge in [0.1, 0.15) is 0 Å². The van der Waals surface area contributed by atoms with Crippen LogP contribution in [0.25, 0.3) is 0 Å². The summed E-state index contributed by atoms with van der Waals surface area (Å²) in [5.74, 6) is -5.03. The van der Waals surface area contributed by atoms with E-state index >= 15 is 0 Å². The number of nitrogens with zero attached hydrogens (tertiary/aromatic N) is 1. The van der Waals surface area contributed by atoms with Crippen LogP contribution >= 0.6 is 23.2 Å². The smallest absolute Gasteiger partial charge is 0.490 e. The Hall–Kier alpha value is -1.86. The Labute approximate surface area is 183 Å². The molecule has 0 radical (unpaired) electrons. The number of hydrogen-bond acceptors (Lipinski definition) is 6. The Kier molecular flexibility index (Phi) is 9.76. The fourth-order valence-corrected chi connectivity index (χ4v) is 3.22. The number of phenolic OH excluding ortho intramolecular Hbond substituents is 1. The van der Waals surface area contributed by atoms with Gasteiger partial charge in [0.25, 0.3) is 5.91 Å². The highest BCUT2D eigenvalue weighted by Crippen LogP contribution is 2.40. The summed E-state index contributed by atoms with van der Waals surface area (Å²) in [6, 6.07) is 0.675. The summed E-state index contributed by atoms with van der Waals surface area (Å²) < 4.78 is 45.6. The zero-order chi connectivity index (χ0) is 24.1. The second-order valence-corrected chi connectivity index (χ2v) is 7.40. The number of aliphatic hydroxyl groups is 2. The van der Waals surface area contributed by atoms with Crippen molar-refractivity contribution in [3.8, 4) is 5.75 Å². The summed E-state index contributed by atoms with van der Waals surface area (Å²) in [4.78, 5) is 22.2. The van der Waals surface area contributed by atoms with E-state index in [0.717, 1.165) is 0 Å². The summed E-state index contributed by atoms with van der Waals surface area (Å²) in [6.45, 7) is 0.0619. The number of benzene rings is 1. The van der Waals surface area contributed by atoms with Crippen LogP contribution in [0.15, 0.2) is 6.07 Å². The van der Waals surface area contributed by atoms with E-state index < -0.39 is 48.4 Å². The summed E-state index contributed by atoms with van der Waals surface area (Å²) in [5, 5.41) is 34.9. The maximum atomic E-state index is 13.8. The Balaban J connectivity index is 0.000000592. The molecule has 1 heterocycles. The number of nitrogens with two attached hydrogens (primary N) is 1. The van der Waals surface area contributed by atoms with Gasteiger partial charge in [0.2, 0.25) is 0 Å². The van der Waals surface area contributed by atoms with Gasteiger partial charge in [0.05, 0.1) is 16.7 Å². The van der Waals surface area contributed by atoms with Crippen LogP contribution in [0, 0.1) is 11.7 Å². The van der Waals surface area contributed by atoms with Crippen LogP contribution in [-0.2, 0) is 9.59 Å². The normalized spacial score (nSPS) is 16.9. The summed E-state index contributed by atoms with van der Waals surface area (Å²) in [7, 11) is 0. The molecule has 2 unspecified atom stereocenters. The molecule has 1 saturated heterocycles. The van der Waals surface area contributed by atoms with Gasteiger partial charge in [0.15, 0.2) is 17.7 Å². The number of aliphatic hydroxyl groups excluding tert-OH is 2. The third-order valence-electron chi connectivity index (χ3n) is 4.58. The summed E-state index contributed by atoms with van der Waals surface area (Å²) >= 11 is 11.5. The van der Waals surface area contributed by atoms with Crippen molar-refractivity contribution in [1.29, 1.82) is 0 Å². The van der Waals surface area contributed by atoms with Crippen molar-refractivity contribution in [1.82, 2.24) is 4.90 Å². The predicted octanol–water partition coefficient (Wildman–Crippen LogP) is 2.06. The lowest BCUT2D eigenvalue weighted by Crippen LogP contribution is -2.46. The second kappa shape index (κ2) is 11.1. The van der Waals surface area contributed by atoms with Crippen LogP contribution in [0.3, 0.4) is 0 Å². The minimum atomic E-state index is -5.08. The molecule has 2 atom stereocenters. The first kappa shape index (κ1) is 27.2. The highest BCUT2D eigenvalue weighted by Gasteiger charge is 2.38. The lowest BCUT2D eigenvalue weighted by atomic mass is 9.85. The quantitative estimate of drug-likeness (QED) is 0.318. The minimum Gasteiger partial charge on any atom is -0.505 e. The predicted molar refractivity (Wildman–Crippen MR) is 101 cm³/mol. The van der Waals surface area contributed by atoms with Crippen LogP contribution in [0.4, 0.5) is 17.6 Å².